The third-order valence-electron chi connectivity index (χ3n) is 3.22. The van der Waals surface area contributed by atoms with Crippen LogP contribution in [0.25, 0.3) is 11.3 Å². The van der Waals surface area contributed by atoms with Crippen LogP contribution in [0.15, 0.2) is 66.9 Å². The highest BCUT2D eigenvalue weighted by atomic mass is 16.1. The lowest BCUT2D eigenvalue weighted by Crippen LogP contribution is -2.04. The maximum atomic E-state index is 11.2. The fraction of sp³-hybridized carbons (Fsp3) is 0.0588. The molecule has 3 heteroatoms. The number of nitrogens with zero attached hydrogens (tertiary/aromatic N) is 2. The van der Waals surface area contributed by atoms with Crippen molar-refractivity contribution in [3.8, 4) is 11.3 Å². The van der Waals surface area contributed by atoms with Gasteiger partial charge in [-0.1, -0.05) is 60.7 Å². The SMILES string of the molecule is O=Cc1cnn(Cc2ccccc2)c1-c1ccccc1. The largest absolute Gasteiger partial charge is 0.298 e. The number of aromatic nitrogens is 2. The third kappa shape index (κ3) is 2.38. The molecule has 0 atom stereocenters. The van der Waals surface area contributed by atoms with E-state index < -0.39 is 0 Å². The first-order valence-corrected chi connectivity index (χ1v) is 6.49. The van der Waals surface area contributed by atoms with E-state index in [4.69, 9.17) is 0 Å². The number of benzene rings is 2. The van der Waals surface area contributed by atoms with Gasteiger partial charge >= 0.3 is 0 Å². The molecule has 3 rings (SSSR count). The van der Waals surface area contributed by atoms with E-state index in [2.05, 4.69) is 17.2 Å². The van der Waals surface area contributed by atoms with Gasteiger partial charge in [0.1, 0.15) is 0 Å². The molecule has 0 saturated heterocycles. The fourth-order valence-electron chi connectivity index (χ4n) is 2.27. The van der Waals surface area contributed by atoms with Gasteiger partial charge in [-0.05, 0) is 5.56 Å². The van der Waals surface area contributed by atoms with E-state index in [-0.39, 0.29) is 0 Å². The summed E-state index contributed by atoms with van der Waals surface area (Å²) in [6.07, 6.45) is 2.48. The molecule has 98 valence electrons. The van der Waals surface area contributed by atoms with Crippen molar-refractivity contribution in [1.82, 2.24) is 9.78 Å². The lowest BCUT2D eigenvalue weighted by atomic mass is 10.1. The molecule has 1 heterocycles. The van der Waals surface area contributed by atoms with Crippen LogP contribution >= 0.6 is 0 Å². The molecule has 0 saturated carbocycles. The second kappa shape index (κ2) is 5.53. The van der Waals surface area contributed by atoms with Crippen LogP contribution < -0.4 is 0 Å². The van der Waals surface area contributed by atoms with Crippen LogP contribution in [-0.2, 0) is 6.54 Å². The molecule has 20 heavy (non-hydrogen) atoms. The van der Waals surface area contributed by atoms with Gasteiger partial charge in [-0.25, -0.2) is 0 Å². The van der Waals surface area contributed by atoms with Gasteiger partial charge in [0.2, 0.25) is 0 Å². The van der Waals surface area contributed by atoms with Crippen molar-refractivity contribution >= 4 is 6.29 Å². The summed E-state index contributed by atoms with van der Waals surface area (Å²) in [6.45, 7) is 0.652. The lowest BCUT2D eigenvalue weighted by molar-refractivity contribution is 0.112. The number of aldehydes is 1. The quantitative estimate of drug-likeness (QED) is 0.675. The molecule has 0 radical (unpaired) electrons. The van der Waals surface area contributed by atoms with E-state index in [0.717, 1.165) is 23.1 Å². The highest BCUT2D eigenvalue weighted by molar-refractivity contribution is 5.85. The van der Waals surface area contributed by atoms with Crippen LogP contribution in [-0.4, -0.2) is 16.1 Å². The number of carbonyl (C=O) groups is 1. The van der Waals surface area contributed by atoms with Gasteiger partial charge in [0.25, 0.3) is 0 Å². The van der Waals surface area contributed by atoms with Crippen LogP contribution in [0.4, 0.5) is 0 Å². The standard InChI is InChI=1S/C17H14N2O/c20-13-16-11-18-19(12-14-7-3-1-4-8-14)17(16)15-9-5-2-6-10-15/h1-11,13H,12H2. The molecule has 0 spiro atoms. The summed E-state index contributed by atoms with van der Waals surface area (Å²) in [7, 11) is 0. The van der Waals surface area contributed by atoms with Gasteiger partial charge in [-0.3, -0.25) is 9.48 Å². The maximum Gasteiger partial charge on any atom is 0.153 e. The van der Waals surface area contributed by atoms with Gasteiger partial charge in [-0.15, -0.1) is 0 Å². The molecule has 2 aromatic carbocycles. The third-order valence-corrected chi connectivity index (χ3v) is 3.22. The van der Waals surface area contributed by atoms with Crippen molar-refractivity contribution in [3.63, 3.8) is 0 Å². The van der Waals surface area contributed by atoms with Gasteiger partial charge in [0.05, 0.1) is 24.0 Å². The second-order valence-corrected chi connectivity index (χ2v) is 4.58. The second-order valence-electron chi connectivity index (χ2n) is 4.58. The minimum Gasteiger partial charge on any atom is -0.298 e. The van der Waals surface area contributed by atoms with E-state index >= 15 is 0 Å². The Kier molecular flexibility index (Phi) is 3.42. The first kappa shape index (κ1) is 12.4. The topological polar surface area (TPSA) is 34.9 Å². The maximum absolute atomic E-state index is 11.2. The smallest absolute Gasteiger partial charge is 0.153 e. The van der Waals surface area contributed by atoms with Crippen LogP contribution in [0.3, 0.4) is 0 Å². The molecule has 0 amide bonds. The molecule has 3 nitrogen and oxygen atoms in total. The number of hydrogen-bond acceptors (Lipinski definition) is 2. The Morgan fingerprint density at radius 1 is 0.950 bits per heavy atom. The molecule has 0 N–H and O–H groups in total. The van der Waals surface area contributed by atoms with E-state index in [9.17, 15) is 4.79 Å². The van der Waals surface area contributed by atoms with Crippen molar-refractivity contribution in [1.29, 1.82) is 0 Å². The Balaban J connectivity index is 2.04. The van der Waals surface area contributed by atoms with E-state index in [1.807, 2.05) is 53.2 Å². The highest BCUT2D eigenvalue weighted by Gasteiger charge is 2.12. The zero-order chi connectivity index (χ0) is 13.8. The Hall–Kier alpha value is -2.68. The average molecular weight is 262 g/mol. The van der Waals surface area contributed by atoms with Crippen LogP contribution in [0, 0.1) is 0 Å². The molecule has 0 aliphatic rings. The van der Waals surface area contributed by atoms with Crippen LogP contribution in [0.5, 0.6) is 0 Å². The monoisotopic (exact) mass is 262 g/mol. The highest BCUT2D eigenvalue weighted by Crippen LogP contribution is 2.23. The molecular formula is C17H14N2O. The van der Waals surface area contributed by atoms with E-state index in [1.165, 1.54) is 0 Å². The Labute approximate surface area is 117 Å². The van der Waals surface area contributed by atoms with Crippen molar-refractivity contribution in [3.05, 3.63) is 78.0 Å². The number of rotatable bonds is 4. The summed E-state index contributed by atoms with van der Waals surface area (Å²) in [5.41, 5.74) is 3.64. The molecule has 0 fully saturated rings. The normalized spacial score (nSPS) is 10.4. The van der Waals surface area contributed by atoms with Crippen molar-refractivity contribution in [2.24, 2.45) is 0 Å². The van der Waals surface area contributed by atoms with Gasteiger partial charge in [-0.2, -0.15) is 5.10 Å². The van der Waals surface area contributed by atoms with Gasteiger partial charge in [0, 0.05) is 5.56 Å². The van der Waals surface area contributed by atoms with Crippen LogP contribution in [0.1, 0.15) is 15.9 Å². The predicted molar refractivity (Wildman–Crippen MR) is 78.6 cm³/mol. The first-order chi connectivity index (χ1) is 9.88. The molecule has 1 aromatic heterocycles. The Morgan fingerprint density at radius 2 is 1.60 bits per heavy atom. The van der Waals surface area contributed by atoms with E-state index in [1.54, 1.807) is 6.20 Å². The number of hydrogen-bond donors (Lipinski definition) is 0. The van der Waals surface area contributed by atoms with Gasteiger partial charge < -0.3 is 0 Å². The Bertz CT molecular complexity index is 702. The molecule has 0 aliphatic carbocycles. The summed E-state index contributed by atoms with van der Waals surface area (Å²) in [5, 5.41) is 4.34. The first-order valence-electron chi connectivity index (χ1n) is 6.49. The lowest BCUT2D eigenvalue weighted by Gasteiger charge is -2.08. The zero-order valence-corrected chi connectivity index (χ0v) is 10.9. The summed E-state index contributed by atoms with van der Waals surface area (Å²) in [4.78, 5) is 11.2. The minimum atomic E-state index is 0.618. The Morgan fingerprint density at radius 3 is 2.25 bits per heavy atom. The summed E-state index contributed by atoms with van der Waals surface area (Å²) in [5.74, 6) is 0. The zero-order valence-electron chi connectivity index (χ0n) is 10.9. The summed E-state index contributed by atoms with van der Waals surface area (Å²) >= 11 is 0. The van der Waals surface area contributed by atoms with Crippen molar-refractivity contribution < 1.29 is 4.79 Å². The van der Waals surface area contributed by atoms with Crippen molar-refractivity contribution in [2.75, 3.05) is 0 Å². The molecule has 0 bridgehead atoms. The summed E-state index contributed by atoms with van der Waals surface area (Å²) in [6, 6.07) is 20.0. The summed E-state index contributed by atoms with van der Waals surface area (Å²) < 4.78 is 1.87. The molecule has 0 unspecified atom stereocenters. The number of carbonyl (C=O) groups excluding carboxylic acids is 1. The molecular weight excluding hydrogens is 248 g/mol. The van der Waals surface area contributed by atoms with Gasteiger partial charge in [0.15, 0.2) is 6.29 Å². The van der Waals surface area contributed by atoms with Crippen LogP contribution in [0.2, 0.25) is 0 Å². The molecule has 0 aliphatic heterocycles. The minimum absolute atomic E-state index is 0.618. The fourth-order valence-corrected chi connectivity index (χ4v) is 2.27. The predicted octanol–water partition coefficient (Wildman–Crippen LogP) is 3.41. The van der Waals surface area contributed by atoms with Crippen molar-refractivity contribution in [2.45, 2.75) is 6.54 Å². The molecule has 3 aromatic rings. The van der Waals surface area contributed by atoms with E-state index in [0.29, 0.717) is 12.1 Å². The average Bonchev–Trinajstić information content (AvgIpc) is 2.92.